The van der Waals surface area contributed by atoms with Crippen molar-refractivity contribution in [2.75, 3.05) is 19.8 Å². The zero-order valence-corrected chi connectivity index (χ0v) is 17.2. The van der Waals surface area contributed by atoms with E-state index < -0.39 is 0 Å². The first-order valence-electron chi connectivity index (χ1n) is 11.0. The molecule has 32 heavy (non-hydrogen) atoms. The van der Waals surface area contributed by atoms with E-state index in [2.05, 4.69) is 15.3 Å². The van der Waals surface area contributed by atoms with Crippen molar-refractivity contribution in [3.05, 3.63) is 68.9 Å². The van der Waals surface area contributed by atoms with Gasteiger partial charge in [-0.1, -0.05) is 0 Å². The second kappa shape index (κ2) is 6.23. The lowest BCUT2D eigenvalue weighted by Gasteiger charge is -2.22. The SMILES string of the molecule is O=C1c2cc3[nH]c(=O)c4cnc(C5CCOCC5)n4c3cc2C2CC3=C(CNC(O)=C3)N12. The molecule has 6 heterocycles. The summed E-state index contributed by atoms with van der Waals surface area (Å²) in [7, 11) is 0. The number of hydrogen-bond acceptors (Lipinski definition) is 6. The molecule has 9 heteroatoms. The Morgan fingerprint density at radius 1 is 1.16 bits per heavy atom. The van der Waals surface area contributed by atoms with E-state index in [0.29, 0.717) is 42.8 Å². The highest BCUT2D eigenvalue weighted by Gasteiger charge is 2.45. The molecule has 1 saturated heterocycles. The summed E-state index contributed by atoms with van der Waals surface area (Å²) >= 11 is 0. The fourth-order valence-corrected chi connectivity index (χ4v) is 5.69. The van der Waals surface area contributed by atoms with Crippen LogP contribution in [0.4, 0.5) is 0 Å². The van der Waals surface area contributed by atoms with Crippen molar-refractivity contribution in [1.82, 2.24) is 24.6 Å². The van der Waals surface area contributed by atoms with Gasteiger partial charge < -0.3 is 25.0 Å². The first-order valence-corrected chi connectivity index (χ1v) is 11.0. The second-order valence-corrected chi connectivity index (χ2v) is 8.88. The monoisotopic (exact) mass is 431 g/mol. The van der Waals surface area contributed by atoms with Crippen LogP contribution in [0.3, 0.4) is 0 Å². The maximum absolute atomic E-state index is 13.3. The van der Waals surface area contributed by atoms with Gasteiger partial charge in [0.1, 0.15) is 11.3 Å². The number of aromatic nitrogens is 3. The lowest BCUT2D eigenvalue weighted by atomic mass is 9.97. The minimum Gasteiger partial charge on any atom is -0.495 e. The van der Waals surface area contributed by atoms with E-state index >= 15 is 0 Å². The van der Waals surface area contributed by atoms with Crippen molar-refractivity contribution in [3.8, 4) is 0 Å². The topological polar surface area (TPSA) is 112 Å². The van der Waals surface area contributed by atoms with Crippen molar-refractivity contribution in [2.24, 2.45) is 0 Å². The highest BCUT2D eigenvalue weighted by atomic mass is 16.5. The molecule has 1 aromatic carbocycles. The minimum atomic E-state index is -0.212. The number of allylic oxidation sites excluding steroid dienone is 1. The Morgan fingerprint density at radius 3 is 2.84 bits per heavy atom. The number of nitrogens with one attached hydrogen (secondary N) is 2. The van der Waals surface area contributed by atoms with Crippen LogP contribution < -0.4 is 10.9 Å². The third-order valence-corrected chi connectivity index (χ3v) is 7.21. The van der Waals surface area contributed by atoms with E-state index in [4.69, 9.17) is 4.74 Å². The zero-order valence-electron chi connectivity index (χ0n) is 17.2. The first-order chi connectivity index (χ1) is 15.6. The van der Waals surface area contributed by atoms with Crippen molar-refractivity contribution in [2.45, 2.75) is 31.2 Å². The third-order valence-electron chi connectivity index (χ3n) is 7.21. The van der Waals surface area contributed by atoms with Crippen LogP contribution in [0.15, 0.2) is 46.4 Å². The van der Waals surface area contributed by atoms with Crippen LogP contribution in [0.25, 0.3) is 16.6 Å². The van der Waals surface area contributed by atoms with Crippen LogP contribution in [0.5, 0.6) is 0 Å². The predicted molar refractivity (Wildman–Crippen MR) is 115 cm³/mol. The van der Waals surface area contributed by atoms with Crippen LogP contribution in [0, 0.1) is 0 Å². The molecule has 162 valence electrons. The van der Waals surface area contributed by atoms with Gasteiger partial charge in [0, 0.05) is 36.5 Å². The Balaban J connectivity index is 1.44. The van der Waals surface area contributed by atoms with Gasteiger partial charge in [-0.25, -0.2) is 4.98 Å². The van der Waals surface area contributed by atoms with Crippen LogP contribution in [0.2, 0.25) is 0 Å². The van der Waals surface area contributed by atoms with Crippen LogP contribution in [0.1, 0.15) is 53.0 Å². The number of fused-ring (bicyclic) bond motifs is 7. The molecule has 0 bridgehead atoms. The largest absolute Gasteiger partial charge is 0.495 e. The third kappa shape index (κ3) is 2.28. The number of ether oxygens (including phenoxy) is 1. The zero-order chi connectivity index (χ0) is 21.6. The molecular formula is C23H21N5O4. The van der Waals surface area contributed by atoms with Crippen LogP contribution in [-0.2, 0) is 4.74 Å². The van der Waals surface area contributed by atoms with Gasteiger partial charge >= 0.3 is 0 Å². The standard InChI is InChI=1S/C23H21N5O4/c29-20-6-12-5-16-13-8-17-15(7-14(13)23(31)28(16)18(12)9-24-20)26-22(30)19-10-25-21(27(17)19)11-1-3-32-4-2-11/h6-8,10-11,16,24,29H,1-5,9H2,(H,26,30). The molecule has 9 nitrogen and oxygen atoms in total. The summed E-state index contributed by atoms with van der Waals surface area (Å²) in [5, 5.41) is 12.8. The number of amides is 1. The van der Waals surface area contributed by atoms with Crippen LogP contribution in [-0.4, -0.2) is 50.0 Å². The summed E-state index contributed by atoms with van der Waals surface area (Å²) in [6, 6.07) is 3.74. The predicted octanol–water partition coefficient (Wildman–Crippen LogP) is 2.23. The van der Waals surface area contributed by atoms with Gasteiger partial charge in [0.25, 0.3) is 11.5 Å². The quantitative estimate of drug-likeness (QED) is 0.545. The Hall–Kier alpha value is -3.59. The van der Waals surface area contributed by atoms with E-state index in [1.165, 1.54) is 0 Å². The second-order valence-electron chi connectivity index (χ2n) is 8.88. The van der Waals surface area contributed by atoms with Crippen molar-refractivity contribution >= 4 is 22.5 Å². The van der Waals surface area contributed by atoms with Crippen molar-refractivity contribution in [1.29, 1.82) is 0 Å². The number of H-pyrrole nitrogens is 1. The highest BCUT2D eigenvalue weighted by Crippen LogP contribution is 2.48. The molecule has 3 aromatic rings. The molecule has 1 unspecified atom stereocenters. The summed E-state index contributed by atoms with van der Waals surface area (Å²) in [6.45, 7) is 1.80. The molecule has 2 aromatic heterocycles. The summed E-state index contributed by atoms with van der Waals surface area (Å²) in [6.07, 6.45) is 5.75. The molecule has 1 amide bonds. The molecular weight excluding hydrogens is 410 g/mol. The maximum atomic E-state index is 13.3. The average molecular weight is 431 g/mol. The number of imidazole rings is 1. The molecule has 1 fully saturated rings. The Kier molecular flexibility index (Phi) is 3.51. The molecule has 1 atom stereocenters. The number of dihydropyridines is 1. The average Bonchev–Trinajstić information content (AvgIpc) is 3.47. The number of aliphatic hydroxyl groups is 1. The fourth-order valence-electron chi connectivity index (χ4n) is 5.69. The summed E-state index contributed by atoms with van der Waals surface area (Å²) < 4.78 is 7.48. The number of carbonyl (C=O) groups excluding carboxylic acids is 1. The number of carbonyl (C=O) groups is 1. The Morgan fingerprint density at radius 2 is 2.00 bits per heavy atom. The maximum Gasteiger partial charge on any atom is 0.274 e. The highest BCUT2D eigenvalue weighted by molar-refractivity contribution is 6.04. The van der Waals surface area contributed by atoms with E-state index in [9.17, 15) is 14.7 Å². The summed E-state index contributed by atoms with van der Waals surface area (Å²) in [5.41, 5.74) is 5.26. The number of aliphatic hydroxyl groups excluding tert-OH is 1. The van der Waals surface area contributed by atoms with Gasteiger partial charge in [0.15, 0.2) is 5.88 Å². The van der Waals surface area contributed by atoms with Crippen molar-refractivity contribution in [3.63, 3.8) is 0 Å². The van der Waals surface area contributed by atoms with Crippen LogP contribution >= 0.6 is 0 Å². The van der Waals surface area contributed by atoms with E-state index in [1.807, 2.05) is 21.4 Å². The molecule has 0 radical (unpaired) electrons. The normalized spacial score (nSPS) is 22.9. The van der Waals surface area contributed by atoms with Gasteiger partial charge in [-0.05, 0) is 42.5 Å². The number of aromatic amines is 1. The molecule has 4 aliphatic heterocycles. The van der Waals surface area contributed by atoms with E-state index in [1.54, 1.807) is 12.3 Å². The Bertz CT molecular complexity index is 1460. The molecule has 0 spiro atoms. The van der Waals surface area contributed by atoms with Gasteiger partial charge in [-0.3, -0.25) is 14.0 Å². The lowest BCUT2D eigenvalue weighted by molar-refractivity contribution is 0.0800. The van der Waals surface area contributed by atoms with E-state index in [-0.39, 0.29) is 29.3 Å². The molecule has 0 aliphatic carbocycles. The minimum absolute atomic E-state index is 0.0651. The summed E-state index contributed by atoms with van der Waals surface area (Å²) in [4.78, 5) is 35.5. The molecule has 0 saturated carbocycles. The molecule has 4 aliphatic rings. The van der Waals surface area contributed by atoms with Gasteiger partial charge in [-0.2, -0.15) is 0 Å². The number of benzene rings is 1. The summed E-state index contributed by atoms with van der Waals surface area (Å²) in [5.74, 6) is 1.17. The number of hydrogen-bond donors (Lipinski definition) is 3. The fraction of sp³-hybridized carbons (Fsp3) is 0.348. The number of rotatable bonds is 1. The van der Waals surface area contributed by atoms with Gasteiger partial charge in [0.2, 0.25) is 0 Å². The molecule has 3 N–H and O–H groups in total. The van der Waals surface area contributed by atoms with Gasteiger partial charge in [0.05, 0.1) is 29.8 Å². The smallest absolute Gasteiger partial charge is 0.274 e. The Labute approximate surface area is 182 Å². The first kappa shape index (κ1) is 18.0. The lowest BCUT2D eigenvalue weighted by Crippen LogP contribution is -2.31. The number of nitrogens with zero attached hydrogens (tertiary/aromatic N) is 3. The molecule has 7 rings (SSSR count). The van der Waals surface area contributed by atoms with E-state index in [0.717, 1.165) is 41.0 Å². The van der Waals surface area contributed by atoms with Crippen molar-refractivity contribution < 1.29 is 14.6 Å². The van der Waals surface area contributed by atoms with Gasteiger partial charge in [-0.15, -0.1) is 0 Å².